The number of carbonyl (C=O) groups excluding carboxylic acids is 1. The van der Waals surface area contributed by atoms with Gasteiger partial charge in [-0.15, -0.1) is 0 Å². The summed E-state index contributed by atoms with van der Waals surface area (Å²) in [5, 5.41) is 3.71. The number of hydrogen-bond acceptors (Lipinski definition) is 4. The highest BCUT2D eigenvalue weighted by Gasteiger charge is 2.13. The van der Waals surface area contributed by atoms with Crippen LogP contribution in [0.25, 0.3) is 0 Å². The molecule has 6 nitrogen and oxygen atoms in total. The van der Waals surface area contributed by atoms with Crippen molar-refractivity contribution < 1.29 is 13.9 Å². The summed E-state index contributed by atoms with van der Waals surface area (Å²) in [5.74, 6) is -0.298. The van der Waals surface area contributed by atoms with Crippen LogP contribution in [0.3, 0.4) is 0 Å². The topological polar surface area (TPSA) is 80.0 Å². The molecule has 2 amide bonds. The molecule has 0 saturated carbocycles. The molecule has 20 heavy (non-hydrogen) atoms. The van der Waals surface area contributed by atoms with Gasteiger partial charge < -0.3 is 10.5 Å². The summed E-state index contributed by atoms with van der Waals surface area (Å²) >= 11 is 0. The van der Waals surface area contributed by atoms with Crippen molar-refractivity contribution in [1.29, 1.82) is 0 Å². The molecule has 0 bridgehead atoms. The first-order chi connectivity index (χ1) is 9.65. The maximum absolute atomic E-state index is 13.4. The van der Waals surface area contributed by atoms with Crippen LogP contribution in [0.2, 0.25) is 0 Å². The Morgan fingerprint density at radius 3 is 2.95 bits per heavy atom. The van der Waals surface area contributed by atoms with Gasteiger partial charge in [-0.1, -0.05) is 6.07 Å². The minimum atomic E-state index is -0.738. The molecule has 1 aliphatic rings. The molecule has 1 heterocycles. The number of rotatable bonds is 4. The summed E-state index contributed by atoms with van der Waals surface area (Å²) < 4.78 is 18.7. The maximum atomic E-state index is 13.4. The number of hydrogen-bond donors (Lipinski definition) is 2. The molecule has 0 atom stereocenters. The van der Waals surface area contributed by atoms with E-state index in [0.717, 1.165) is 24.2 Å². The molecule has 1 aromatic rings. The number of amides is 2. The van der Waals surface area contributed by atoms with Crippen molar-refractivity contribution in [1.82, 2.24) is 10.3 Å². The highest BCUT2D eigenvalue weighted by atomic mass is 19.1. The van der Waals surface area contributed by atoms with Gasteiger partial charge in [-0.2, -0.15) is 5.10 Å². The molecule has 3 N–H and O–H groups in total. The second kappa shape index (κ2) is 6.97. The lowest BCUT2D eigenvalue weighted by molar-refractivity contribution is 0.0341. The molecule has 0 spiro atoms. The SMILES string of the molecule is NC(=O)NN=Cc1ccc(F)cc1CN1CCOCC1. The van der Waals surface area contributed by atoms with Gasteiger partial charge in [-0.25, -0.2) is 14.6 Å². The van der Waals surface area contributed by atoms with E-state index in [0.29, 0.717) is 19.8 Å². The summed E-state index contributed by atoms with van der Waals surface area (Å²) in [6.07, 6.45) is 1.46. The van der Waals surface area contributed by atoms with E-state index >= 15 is 0 Å². The van der Waals surface area contributed by atoms with Gasteiger partial charge >= 0.3 is 6.03 Å². The highest BCUT2D eigenvalue weighted by molar-refractivity contribution is 5.83. The molecule has 1 saturated heterocycles. The average molecular weight is 280 g/mol. The van der Waals surface area contributed by atoms with E-state index in [1.54, 1.807) is 6.07 Å². The Kier molecular flexibility index (Phi) is 5.03. The standard InChI is InChI=1S/C13H17FN4O2/c14-12-2-1-10(8-16-17-13(15)19)11(7-12)9-18-3-5-20-6-4-18/h1-2,7-8H,3-6,9H2,(H3,15,17,19). The Bertz CT molecular complexity index is 501. The number of hydrazone groups is 1. The molecule has 7 heteroatoms. The summed E-state index contributed by atoms with van der Waals surface area (Å²) in [4.78, 5) is 12.7. The van der Waals surface area contributed by atoms with Crippen LogP contribution in [0, 0.1) is 5.82 Å². The van der Waals surface area contributed by atoms with Crippen molar-refractivity contribution in [3.63, 3.8) is 0 Å². The number of ether oxygens (including phenoxy) is 1. The first kappa shape index (κ1) is 14.4. The van der Waals surface area contributed by atoms with E-state index in [9.17, 15) is 9.18 Å². The normalized spacial score (nSPS) is 16.4. The Labute approximate surface area is 116 Å². The fraction of sp³-hybridized carbons (Fsp3) is 0.385. The first-order valence-electron chi connectivity index (χ1n) is 6.32. The lowest BCUT2D eigenvalue weighted by Crippen LogP contribution is -2.35. The number of urea groups is 1. The molecular weight excluding hydrogens is 263 g/mol. The van der Waals surface area contributed by atoms with Crippen molar-refractivity contribution in [2.45, 2.75) is 6.54 Å². The van der Waals surface area contributed by atoms with Crippen molar-refractivity contribution in [3.05, 3.63) is 35.1 Å². The van der Waals surface area contributed by atoms with Crippen molar-refractivity contribution >= 4 is 12.2 Å². The van der Waals surface area contributed by atoms with Crippen molar-refractivity contribution in [3.8, 4) is 0 Å². The molecule has 108 valence electrons. The Morgan fingerprint density at radius 2 is 2.25 bits per heavy atom. The van der Waals surface area contributed by atoms with Crippen molar-refractivity contribution in [2.24, 2.45) is 10.8 Å². The first-order valence-corrected chi connectivity index (χ1v) is 6.32. The Morgan fingerprint density at radius 1 is 1.50 bits per heavy atom. The third-order valence-electron chi connectivity index (χ3n) is 2.98. The highest BCUT2D eigenvalue weighted by Crippen LogP contribution is 2.13. The van der Waals surface area contributed by atoms with Gasteiger partial charge in [0, 0.05) is 19.6 Å². The van der Waals surface area contributed by atoms with Crippen LogP contribution < -0.4 is 11.2 Å². The van der Waals surface area contributed by atoms with Crippen LogP contribution in [0.1, 0.15) is 11.1 Å². The molecule has 2 rings (SSSR count). The van der Waals surface area contributed by atoms with Crippen LogP contribution in [0.4, 0.5) is 9.18 Å². The van der Waals surface area contributed by atoms with E-state index < -0.39 is 6.03 Å². The summed E-state index contributed by atoms with van der Waals surface area (Å²) in [7, 11) is 0. The van der Waals surface area contributed by atoms with Crippen LogP contribution in [0.15, 0.2) is 23.3 Å². The molecule has 0 aliphatic carbocycles. The molecule has 0 radical (unpaired) electrons. The number of primary amides is 1. The van der Waals surface area contributed by atoms with Gasteiger partial charge in [0.1, 0.15) is 5.82 Å². The van der Waals surface area contributed by atoms with E-state index in [4.69, 9.17) is 10.5 Å². The quantitative estimate of drug-likeness (QED) is 0.628. The van der Waals surface area contributed by atoms with Crippen LogP contribution in [-0.2, 0) is 11.3 Å². The largest absolute Gasteiger partial charge is 0.379 e. The number of morpholine rings is 1. The predicted molar refractivity (Wildman–Crippen MR) is 72.8 cm³/mol. The minimum absolute atomic E-state index is 0.298. The summed E-state index contributed by atoms with van der Waals surface area (Å²) in [5.41, 5.74) is 8.59. The van der Waals surface area contributed by atoms with E-state index in [2.05, 4.69) is 15.4 Å². The van der Waals surface area contributed by atoms with Gasteiger partial charge in [-0.05, 0) is 23.3 Å². The molecule has 1 fully saturated rings. The van der Waals surface area contributed by atoms with Gasteiger partial charge in [0.05, 0.1) is 19.4 Å². The van der Waals surface area contributed by atoms with Crippen LogP contribution in [0.5, 0.6) is 0 Å². The zero-order valence-electron chi connectivity index (χ0n) is 11.0. The number of nitrogens with two attached hydrogens (primary N) is 1. The van der Waals surface area contributed by atoms with E-state index in [1.807, 2.05) is 0 Å². The summed E-state index contributed by atoms with van der Waals surface area (Å²) in [6.45, 7) is 3.60. The number of nitrogens with one attached hydrogen (secondary N) is 1. The minimum Gasteiger partial charge on any atom is -0.379 e. The monoisotopic (exact) mass is 280 g/mol. The van der Waals surface area contributed by atoms with Crippen LogP contribution in [-0.4, -0.2) is 43.4 Å². The lowest BCUT2D eigenvalue weighted by atomic mass is 10.1. The number of halogens is 1. The van der Waals surface area contributed by atoms with E-state index in [1.165, 1.54) is 18.3 Å². The van der Waals surface area contributed by atoms with Crippen LogP contribution >= 0.6 is 0 Å². The Hall–Kier alpha value is -1.99. The third kappa shape index (κ3) is 4.29. The van der Waals surface area contributed by atoms with Gasteiger partial charge in [0.25, 0.3) is 0 Å². The number of benzene rings is 1. The average Bonchev–Trinajstić information content (AvgIpc) is 2.42. The zero-order valence-corrected chi connectivity index (χ0v) is 11.0. The zero-order chi connectivity index (χ0) is 14.4. The maximum Gasteiger partial charge on any atom is 0.332 e. The number of nitrogens with zero attached hydrogens (tertiary/aromatic N) is 2. The van der Waals surface area contributed by atoms with Gasteiger partial charge in [0.2, 0.25) is 0 Å². The second-order valence-electron chi connectivity index (χ2n) is 4.47. The second-order valence-corrected chi connectivity index (χ2v) is 4.47. The van der Waals surface area contributed by atoms with E-state index in [-0.39, 0.29) is 5.82 Å². The third-order valence-corrected chi connectivity index (χ3v) is 2.98. The molecular formula is C13H17FN4O2. The molecule has 0 aromatic heterocycles. The molecule has 0 unspecified atom stereocenters. The Balaban J connectivity index is 2.10. The number of carbonyl (C=O) groups is 1. The molecule has 1 aromatic carbocycles. The lowest BCUT2D eigenvalue weighted by Gasteiger charge is -2.27. The summed E-state index contributed by atoms with van der Waals surface area (Å²) in [6, 6.07) is 3.71. The fourth-order valence-corrected chi connectivity index (χ4v) is 2.00. The van der Waals surface area contributed by atoms with Gasteiger partial charge in [0.15, 0.2) is 0 Å². The molecule has 1 aliphatic heterocycles. The predicted octanol–water partition coefficient (Wildman–Crippen LogP) is 0.660. The van der Waals surface area contributed by atoms with Crippen molar-refractivity contribution in [2.75, 3.05) is 26.3 Å². The van der Waals surface area contributed by atoms with Gasteiger partial charge in [-0.3, -0.25) is 4.90 Å². The fourth-order valence-electron chi connectivity index (χ4n) is 2.00. The smallest absolute Gasteiger partial charge is 0.332 e.